The van der Waals surface area contributed by atoms with Crippen LogP contribution < -0.4 is 20.1 Å². The van der Waals surface area contributed by atoms with Crippen molar-refractivity contribution in [3.8, 4) is 11.5 Å². The molecule has 0 saturated heterocycles. The van der Waals surface area contributed by atoms with Crippen molar-refractivity contribution in [3.63, 3.8) is 0 Å². The zero-order valence-corrected chi connectivity index (χ0v) is 17.1. The van der Waals surface area contributed by atoms with Crippen LogP contribution in [-0.4, -0.2) is 38.5 Å². The standard InChI is InChI=1S/C19H24BrClN2O3/c1-25-18-6-5-17(20)16(12-23-8-7-22-9-10-24)19(18)26-13-14-3-2-4-15(21)11-14/h2-6,11,22-24H,7-10,12-13H2,1H3. The van der Waals surface area contributed by atoms with Gasteiger partial charge in [-0.3, -0.25) is 0 Å². The quantitative estimate of drug-likeness (QED) is 0.465. The van der Waals surface area contributed by atoms with E-state index in [9.17, 15) is 0 Å². The van der Waals surface area contributed by atoms with E-state index in [4.69, 9.17) is 26.2 Å². The van der Waals surface area contributed by atoms with Crippen LogP contribution in [0.5, 0.6) is 11.5 Å². The lowest BCUT2D eigenvalue weighted by molar-refractivity contribution is 0.280. The first kappa shape index (κ1) is 21.0. The molecular formula is C19H24BrClN2O3. The topological polar surface area (TPSA) is 62.8 Å². The summed E-state index contributed by atoms with van der Waals surface area (Å²) in [6.07, 6.45) is 0. The Balaban J connectivity index is 2.06. The molecule has 0 amide bonds. The summed E-state index contributed by atoms with van der Waals surface area (Å²) in [5.41, 5.74) is 1.99. The van der Waals surface area contributed by atoms with Gasteiger partial charge in [-0.1, -0.05) is 39.7 Å². The van der Waals surface area contributed by atoms with Gasteiger partial charge < -0.3 is 25.2 Å². The number of aliphatic hydroxyl groups excluding tert-OH is 1. The molecule has 0 radical (unpaired) electrons. The van der Waals surface area contributed by atoms with Gasteiger partial charge >= 0.3 is 0 Å². The largest absolute Gasteiger partial charge is 0.493 e. The van der Waals surface area contributed by atoms with Gasteiger partial charge in [0.15, 0.2) is 11.5 Å². The summed E-state index contributed by atoms with van der Waals surface area (Å²) >= 11 is 9.64. The Bertz CT molecular complexity index is 700. The van der Waals surface area contributed by atoms with Crippen LogP contribution in [0.4, 0.5) is 0 Å². The molecule has 3 N–H and O–H groups in total. The molecule has 0 aromatic heterocycles. The van der Waals surface area contributed by atoms with Crippen molar-refractivity contribution < 1.29 is 14.6 Å². The molecule has 7 heteroatoms. The fraction of sp³-hybridized carbons (Fsp3) is 0.368. The van der Waals surface area contributed by atoms with E-state index in [1.807, 2.05) is 36.4 Å². The van der Waals surface area contributed by atoms with Crippen LogP contribution in [0.2, 0.25) is 5.02 Å². The van der Waals surface area contributed by atoms with Gasteiger partial charge in [-0.2, -0.15) is 0 Å². The number of ether oxygens (including phenoxy) is 2. The van der Waals surface area contributed by atoms with Crippen LogP contribution in [0.25, 0.3) is 0 Å². The Morgan fingerprint density at radius 2 is 1.92 bits per heavy atom. The lowest BCUT2D eigenvalue weighted by atomic mass is 10.1. The third-order valence-electron chi connectivity index (χ3n) is 3.73. The molecule has 5 nitrogen and oxygen atoms in total. The van der Waals surface area contributed by atoms with Crippen LogP contribution in [0.1, 0.15) is 11.1 Å². The molecule has 0 atom stereocenters. The molecule has 0 saturated carbocycles. The van der Waals surface area contributed by atoms with Gasteiger partial charge in [-0.25, -0.2) is 0 Å². The van der Waals surface area contributed by atoms with Gasteiger partial charge in [0, 0.05) is 41.2 Å². The number of aliphatic hydroxyl groups is 1. The molecule has 0 aliphatic carbocycles. The van der Waals surface area contributed by atoms with Crippen molar-refractivity contribution in [1.82, 2.24) is 10.6 Å². The molecule has 0 heterocycles. The number of benzene rings is 2. The lowest BCUT2D eigenvalue weighted by Gasteiger charge is -2.17. The third kappa shape index (κ3) is 6.45. The zero-order chi connectivity index (χ0) is 18.8. The molecule has 2 aromatic rings. The highest BCUT2D eigenvalue weighted by Crippen LogP contribution is 2.36. The van der Waals surface area contributed by atoms with Crippen molar-refractivity contribution in [3.05, 3.63) is 57.0 Å². The number of hydrogen-bond acceptors (Lipinski definition) is 5. The van der Waals surface area contributed by atoms with Gasteiger partial charge in [-0.05, 0) is 29.8 Å². The number of methoxy groups -OCH3 is 1. The minimum Gasteiger partial charge on any atom is -0.493 e. The molecule has 2 aromatic carbocycles. The van der Waals surface area contributed by atoms with E-state index >= 15 is 0 Å². The Kier molecular flexibility index (Phi) is 9.22. The van der Waals surface area contributed by atoms with E-state index in [0.717, 1.165) is 28.7 Å². The zero-order valence-electron chi connectivity index (χ0n) is 14.7. The lowest BCUT2D eigenvalue weighted by Crippen LogP contribution is -2.29. The van der Waals surface area contributed by atoms with Gasteiger partial charge in [0.1, 0.15) is 6.61 Å². The maximum absolute atomic E-state index is 8.77. The second-order valence-electron chi connectivity index (χ2n) is 5.63. The molecule has 26 heavy (non-hydrogen) atoms. The Hall–Kier alpha value is -1.31. The molecule has 142 valence electrons. The van der Waals surface area contributed by atoms with Crippen molar-refractivity contribution >= 4 is 27.5 Å². The number of rotatable bonds is 11. The van der Waals surface area contributed by atoms with Crippen LogP contribution in [-0.2, 0) is 13.2 Å². The fourth-order valence-corrected chi connectivity index (χ4v) is 3.11. The Morgan fingerprint density at radius 3 is 2.65 bits per heavy atom. The molecular weight excluding hydrogens is 420 g/mol. The molecule has 0 unspecified atom stereocenters. The van der Waals surface area contributed by atoms with Crippen molar-refractivity contribution in [1.29, 1.82) is 0 Å². The summed E-state index contributed by atoms with van der Waals surface area (Å²) in [5.74, 6) is 1.39. The van der Waals surface area contributed by atoms with E-state index in [1.165, 1.54) is 0 Å². The third-order valence-corrected chi connectivity index (χ3v) is 4.71. The molecule has 0 aliphatic rings. The Labute approximate surface area is 167 Å². The molecule has 0 bridgehead atoms. The first-order chi connectivity index (χ1) is 12.7. The van der Waals surface area contributed by atoms with Crippen LogP contribution in [0.3, 0.4) is 0 Å². The SMILES string of the molecule is COc1ccc(Br)c(CNCCNCCO)c1OCc1cccc(Cl)c1. The molecule has 0 spiro atoms. The normalized spacial score (nSPS) is 10.8. The highest BCUT2D eigenvalue weighted by Gasteiger charge is 2.14. The summed E-state index contributed by atoms with van der Waals surface area (Å²) in [6, 6.07) is 11.4. The monoisotopic (exact) mass is 442 g/mol. The Morgan fingerprint density at radius 1 is 1.12 bits per heavy atom. The van der Waals surface area contributed by atoms with Crippen molar-refractivity contribution in [2.45, 2.75) is 13.2 Å². The molecule has 0 fully saturated rings. The highest BCUT2D eigenvalue weighted by molar-refractivity contribution is 9.10. The minimum absolute atomic E-state index is 0.142. The summed E-state index contributed by atoms with van der Waals surface area (Å²) in [5, 5.41) is 16.0. The van der Waals surface area contributed by atoms with Gasteiger partial charge in [0.2, 0.25) is 0 Å². The van der Waals surface area contributed by atoms with E-state index in [1.54, 1.807) is 7.11 Å². The fourth-order valence-electron chi connectivity index (χ4n) is 2.44. The number of nitrogens with one attached hydrogen (secondary N) is 2. The molecule has 0 aliphatic heterocycles. The van der Waals surface area contributed by atoms with E-state index in [2.05, 4.69) is 26.6 Å². The maximum Gasteiger partial charge on any atom is 0.167 e. The second kappa shape index (κ2) is 11.4. The first-order valence-electron chi connectivity index (χ1n) is 8.40. The maximum atomic E-state index is 8.77. The second-order valence-corrected chi connectivity index (χ2v) is 6.92. The van der Waals surface area contributed by atoms with Crippen LogP contribution in [0, 0.1) is 0 Å². The number of halogens is 2. The van der Waals surface area contributed by atoms with Gasteiger partial charge in [0.25, 0.3) is 0 Å². The van der Waals surface area contributed by atoms with Crippen molar-refractivity contribution in [2.24, 2.45) is 0 Å². The van der Waals surface area contributed by atoms with Gasteiger partial charge in [-0.15, -0.1) is 0 Å². The average molecular weight is 444 g/mol. The highest BCUT2D eigenvalue weighted by atomic mass is 79.9. The van der Waals surface area contributed by atoms with E-state index in [-0.39, 0.29) is 6.61 Å². The predicted octanol–water partition coefficient (Wildman–Crippen LogP) is 3.36. The summed E-state index contributed by atoms with van der Waals surface area (Å²) in [7, 11) is 1.63. The van der Waals surface area contributed by atoms with Crippen LogP contribution in [0.15, 0.2) is 40.9 Å². The van der Waals surface area contributed by atoms with Crippen molar-refractivity contribution in [2.75, 3.05) is 33.4 Å². The summed E-state index contributed by atoms with van der Waals surface area (Å²) in [6.45, 7) is 3.32. The summed E-state index contributed by atoms with van der Waals surface area (Å²) < 4.78 is 12.5. The van der Waals surface area contributed by atoms with E-state index < -0.39 is 0 Å². The van der Waals surface area contributed by atoms with Gasteiger partial charge in [0.05, 0.1) is 13.7 Å². The summed E-state index contributed by atoms with van der Waals surface area (Å²) in [4.78, 5) is 0. The first-order valence-corrected chi connectivity index (χ1v) is 9.57. The van der Waals surface area contributed by atoms with E-state index in [0.29, 0.717) is 36.2 Å². The predicted molar refractivity (Wildman–Crippen MR) is 108 cm³/mol. The molecule has 2 rings (SSSR count). The van der Waals surface area contributed by atoms with Crippen LogP contribution >= 0.6 is 27.5 Å². The average Bonchev–Trinajstić information content (AvgIpc) is 2.64. The smallest absolute Gasteiger partial charge is 0.167 e. The minimum atomic E-state index is 0.142. The number of hydrogen-bond donors (Lipinski definition) is 3.